The average molecular weight is 499 g/mol. The van der Waals surface area contributed by atoms with Crippen molar-refractivity contribution in [2.45, 2.75) is 30.7 Å². The Morgan fingerprint density at radius 1 is 1.26 bits per heavy atom. The zero-order valence-electron chi connectivity index (χ0n) is 19.0. The number of amides is 1. The Labute approximate surface area is 207 Å². The van der Waals surface area contributed by atoms with Crippen LogP contribution in [0.25, 0.3) is 11.0 Å². The second kappa shape index (κ2) is 10.3. The van der Waals surface area contributed by atoms with E-state index in [-0.39, 0.29) is 5.91 Å². The van der Waals surface area contributed by atoms with Gasteiger partial charge in [-0.3, -0.25) is 4.79 Å². The molecule has 0 radical (unpaired) electrons. The molecular weight excluding hydrogens is 472 g/mol. The van der Waals surface area contributed by atoms with E-state index in [1.165, 1.54) is 11.8 Å². The molecule has 1 saturated heterocycles. The lowest BCUT2D eigenvalue weighted by Gasteiger charge is -2.34. The smallest absolute Gasteiger partial charge is 0.235 e. The van der Waals surface area contributed by atoms with E-state index in [0.29, 0.717) is 40.5 Å². The van der Waals surface area contributed by atoms with Gasteiger partial charge in [-0.1, -0.05) is 11.6 Å². The zero-order valence-corrected chi connectivity index (χ0v) is 20.6. The van der Waals surface area contributed by atoms with Gasteiger partial charge in [0, 0.05) is 25.0 Å². The Bertz CT molecular complexity index is 1200. The van der Waals surface area contributed by atoms with Gasteiger partial charge in [0.05, 0.1) is 46.6 Å². The molecule has 0 unspecified atom stereocenters. The number of methoxy groups -OCH3 is 1. The minimum absolute atomic E-state index is 0.0119. The number of nitrogens with one attached hydrogen (secondary N) is 2. The zero-order chi connectivity index (χ0) is 23.5. The van der Waals surface area contributed by atoms with Gasteiger partial charge in [-0.15, -0.1) is 11.8 Å². The standard InChI is InChI=1S/C24H27ClN6O2S/c1-33-17-10-18-22(19(25)13-28-23(18)27-12-17)31-8-5-15(6-9-31)4-7-26-11-16-2-3-20-24(29-16)30-21(32)14-34-20/h2-3,10,12-13,15,26H,4-9,11,14H2,1H3,(H,29,30,32). The summed E-state index contributed by atoms with van der Waals surface area (Å²) in [6.07, 6.45) is 6.71. The number of fused-ring (bicyclic) bond motifs is 2. The van der Waals surface area contributed by atoms with Crippen molar-refractivity contribution in [2.24, 2.45) is 5.92 Å². The van der Waals surface area contributed by atoms with Gasteiger partial charge in [0.1, 0.15) is 11.6 Å². The van der Waals surface area contributed by atoms with Crippen LogP contribution in [-0.4, -0.2) is 53.4 Å². The van der Waals surface area contributed by atoms with Crippen molar-refractivity contribution in [1.82, 2.24) is 20.3 Å². The van der Waals surface area contributed by atoms with E-state index in [9.17, 15) is 4.79 Å². The Morgan fingerprint density at radius 3 is 2.91 bits per heavy atom. The van der Waals surface area contributed by atoms with Crippen LogP contribution < -0.4 is 20.3 Å². The van der Waals surface area contributed by atoms with Crippen molar-refractivity contribution in [1.29, 1.82) is 0 Å². The van der Waals surface area contributed by atoms with Gasteiger partial charge in [0.25, 0.3) is 0 Å². The highest BCUT2D eigenvalue weighted by Gasteiger charge is 2.23. The molecule has 0 spiro atoms. The summed E-state index contributed by atoms with van der Waals surface area (Å²) in [5.41, 5.74) is 2.62. The molecule has 8 nitrogen and oxygen atoms in total. The molecule has 0 saturated carbocycles. The van der Waals surface area contributed by atoms with Gasteiger partial charge >= 0.3 is 0 Å². The minimum atomic E-state index is 0.0119. The second-order valence-electron chi connectivity index (χ2n) is 8.58. The van der Waals surface area contributed by atoms with Crippen LogP contribution in [0.4, 0.5) is 11.5 Å². The maximum absolute atomic E-state index is 11.6. The lowest BCUT2D eigenvalue weighted by atomic mass is 9.93. The summed E-state index contributed by atoms with van der Waals surface area (Å²) in [7, 11) is 1.64. The Morgan fingerprint density at radius 2 is 2.09 bits per heavy atom. The van der Waals surface area contributed by atoms with Crippen LogP contribution in [-0.2, 0) is 11.3 Å². The molecule has 178 valence electrons. The molecule has 3 aromatic rings. The first kappa shape index (κ1) is 23.1. The first-order chi connectivity index (χ1) is 16.6. The topological polar surface area (TPSA) is 92.3 Å². The van der Waals surface area contributed by atoms with Crippen molar-refractivity contribution in [3.63, 3.8) is 0 Å². The first-order valence-electron chi connectivity index (χ1n) is 11.5. The number of thioether (sulfide) groups is 1. The Balaban J connectivity index is 1.13. The van der Waals surface area contributed by atoms with Gasteiger partial charge in [-0.2, -0.15) is 0 Å². The molecule has 2 aliphatic rings. The van der Waals surface area contributed by atoms with Gasteiger partial charge in [0.2, 0.25) is 5.91 Å². The average Bonchev–Trinajstić information content (AvgIpc) is 2.86. The fourth-order valence-electron chi connectivity index (χ4n) is 4.53. The molecule has 3 aromatic heterocycles. The van der Waals surface area contributed by atoms with E-state index in [4.69, 9.17) is 16.3 Å². The van der Waals surface area contributed by atoms with Crippen LogP contribution in [0.5, 0.6) is 5.75 Å². The van der Waals surface area contributed by atoms with Gasteiger partial charge in [-0.25, -0.2) is 15.0 Å². The third-order valence-corrected chi connectivity index (χ3v) is 7.68. The number of ether oxygens (including phenoxy) is 1. The molecule has 1 fully saturated rings. The number of hydrogen-bond acceptors (Lipinski definition) is 8. The predicted octanol–water partition coefficient (Wildman–Crippen LogP) is 4.13. The largest absolute Gasteiger partial charge is 0.495 e. The molecule has 5 rings (SSSR count). The molecule has 0 atom stereocenters. The highest BCUT2D eigenvalue weighted by molar-refractivity contribution is 8.00. The van der Waals surface area contributed by atoms with Gasteiger partial charge < -0.3 is 20.3 Å². The summed E-state index contributed by atoms with van der Waals surface area (Å²) in [4.78, 5) is 28.3. The molecule has 2 aliphatic heterocycles. The van der Waals surface area contributed by atoms with Crippen molar-refractivity contribution in [3.8, 4) is 5.75 Å². The summed E-state index contributed by atoms with van der Waals surface area (Å²) < 4.78 is 5.36. The normalized spacial score (nSPS) is 16.4. The van der Waals surface area contributed by atoms with Crippen LogP contribution in [0.15, 0.2) is 35.5 Å². The van der Waals surface area contributed by atoms with Crippen LogP contribution in [0.3, 0.4) is 0 Å². The summed E-state index contributed by atoms with van der Waals surface area (Å²) in [5.74, 6) is 2.52. The number of anilines is 2. The molecule has 0 aliphatic carbocycles. The SMILES string of the molecule is COc1cnc2ncc(Cl)c(N3CCC(CCNCc4ccc5c(n4)NC(=O)CS5)CC3)c2c1. The van der Waals surface area contributed by atoms with E-state index in [1.807, 2.05) is 18.2 Å². The highest BCUT2D eigenvalue weighted by Crippen LogP contribution is 2.36. The van der Waals surface area contributed by atoms with E-state index in [2.05, 4.69) is 30.5 Å². The number of pyridine rings is 3. The lowest BCUT2D eigenvalue weighted by Crippen LogP contribution is -2.35. The number of hydrogen-bond donors (Lipinski definition) is 2. The number of aromatic nitrogens is 3. The second-order valence-corrected chi connectivity index (χ2v) is 10.0. The number of carbonyl (C=O) groups excluding carboxylic acids is 1. The van der Waals surface area contributed by atoms with Crippen LogP contribution in [0, 0.1) is 5.92 Å². The Hall–Kier alpha value is -2.62. The molecule has 0 aromatic carbocycles. The number of nitrogens with zero attached hydrogens (tertiary/aromatic N) is 4. The Kier molecular flexibility index (Phi) is 7.03. The third kappa shape index (κ3) is 5.06. The maximum atomic E-state index is 11.6. The molecule has 34 heavy (non-hydrogen) atoms. The molecular formula is C24H27ClN6O2S. The van der Waals surface area contributed by atoms with Crippen molar-refractivity contribution in [3.05, 3.63) is 41.3 Å². The van der Waals surface area contributed by atoms with Gasteiger partial charge in [-0.05, 0) is 49.9 Å². The molecule has 1 amide bonds. The number of halogens is 1. The molecule has 10 heteroatoms. The molecule has 0 bridgehead atoms. The summed E-state index contributed by atoms with van der Waals surface area (Å²) in [6.45, 7) is 3.53. The quantitative estimate of drug-likeness (QED) is 0.470. The van der Waals surface area contributed by atoms with Crippen molar-refractivity contribution in [2.75, 3.05) is 42.7 Å². The van der Waals surface area contributed by atoms with E-state index >= 15 is 0 Å². The van der Waals surface area contributed by atoms with Crippen LogP contribution in [0.2, 0.25) is 5.02 Å². The van der Waals surface area contributed by atoms with E-state index in [1.54, 1.807) is 19.5 Å². The van der Waals surface area contributed by atoms with E-state index in [0.717, 1.165) is 60.6 Å². The predicted molar refractivity (Wildman–Crippen MR) is 136 cm³/mol. The van der Waals surface area contributed by atoms with Crippen LogP contribution >= 0.6 is 23.4 Å². The van der Waals surface area contributed by atoms with E-state index < -0.39 is 0 Å². The summed E-state index contributed by atoms with van der Waals surface area (Å²) >= 11 is 8.10. The van der Waals surface area contributed by atoms with Crippen molar-refractivity contribution < 1.29 is 9.53 Å². The number of rotatable bonds is 7. The number of carbonyl (C=O) groups is 1. The number of piperidine rings is 1. The maximum Gasteiger partial charge on any atom is 0.235 e. The first-order valence-corrected chi connectivity index (χ1v) is 12.8. The highest BCUT2D eigenvalue weighted by atomic mass is 35.5. The fraction of sp³-hybridized carbons (Fsp3) is 0.417. The lowest BCUT2D eigenvalue weighted by molar-refractivity contribution is -0.113. The van der Waals surface area contributed by atoms with Gasteiger partial charge in [0.15, 0.2) is 5.65 Å². The fourth-order valence-corrected chi connectivity index (χ4v) is 5.55. The summed E-state index contributed by atoms with van der Waals surface area (Å²) in [6, 6.07) is 6.03. The molecule has 2 N–H and O–H groups in total. The van der Waals surface area contributed by atoms with Crippen LogP contribution in [0.1, 0.15) is 25.0 Å². The monoisotopic (exact) mass is 498 g/mol. The molecule has 5 heterocycles. The summed E-state index contributed by atoms with van der Waals surface area (Å²) in [5, 5.41) is 7.94. The third-order valence-electron chi connectivity index (χ3n) is 6.36. The van der Waals surface area contributed by atoms with Crippen molar-refractivity contribution >= 4 is 51.8 Å². The minimum Gasteiger partial charge on any atom is -0.495 e.